The van der Waals surface area contributed by atoms with E-state index in [0.717, 1.165) is 73.3 Å². The third-order valence-electron chi connectivity index (χ3n) is 8.59. The van der Waals surface area contributed by atoms with Crippen molar-refractivity contribution in [3.05, 3.63) is 152 Å². The van der Waals surface area contributed by atoms with Gasteiger partial charge in [-0.15, -0.1) is 0 Å². The van der Waals surface area contributed by atoms with E-state index in [-0.39, 0.29) is 0 Å². The fourth-order valence-electron chi connectivity index (χ4n) is 6.37. The van der Waals surface area contributed by atoms with Crippen LogP contribution in [0.25, 0.3) is 78.1 Å². The fourth-order valence-corrected chi connectivity index (χ4v) is 6.37. The van der Waals surface area contributed by atoms with Gasteiger partial charge in [-0.25, -0.2) is 9.97 Å². The van der Waals surface area contributed by atoms with Crippen LogP contribution in [0.3, 0.4) is 0 Å². The molecule has 4 aromatic heterocycles. The second kappa shape index (κ2) is 10.7. The van der Waals surface area contributed by atoms with E-state index < -0.39 is 0 Å². The molecule has 0 atom stereocenters. The molecule has 0 saturated heterocycles. The van der Waals surface area contributed by atoms with E-state index in [2.05, 4.69) is 112 Å². The first-order chi connectivity index (χ1) is 22.8. The van der Waals surface area contributed by atoms with Gasteiger partial charge in [-0.1, -0.05) is 78.9 Å². The van der Waals surface area contributed by atoms with E-state index in [9.17, 15) is 0 Å². The number of para-hydroxylation sites is 1. The number of nitrogens with one attached hydrogen (secondary N) is 1. The number of allylic oxidation sites excluding steroid dienone is 2. The monoisotopic (exact) mass is 593 g/mol. The molecule has 1 N–H and O–H groups in total. The van der Waals surface area contributed by atoms with E-state index in [0.29, 0.717) is 5.82 Å². The van der Waals surface area contributed by atoms with Gasteiger partial charge in [-0.05, 0) is 59.8 Å². The number of pyridine rings is 1. The Hall–Kier alpha value is -6.27. The Kier molecular flexibility index (Phi) is 6.09. The molecular formula is C40H27N5O. The first kappa shape index (κ1) is 26.2. The lowest BCUT2D eigenvalue weighted by molar-refractivity contribution is 0.635. The van der Waals surface area contributed by atoms with Gasteiger partial charge in [-0.3, -0.25) is 9.55 Å². The fraction of sp³-hybridized carbons (Fsp3) is 0.0250. The van der Waals surface area contributed by atoms with Crippen molar-refractivity contribution >= 4 is 38.3 Å². The lowest BCUT2D eigenvalue weighted by Crippen LogP contribution is -2.08. The van der Waals surface area contributed by atoms with E-state index in [1.54, 1.807) is 12.4 Å². The summed E-state index contributed by atoms with van der Waals surface area (Å²) in [4.78, 5) is 14.5. The Labute approximate surface area is 265 Å². The molecule has 0 fully saturated rings. The van der Waals surface area contributed by atoms with Crippen LogP contribution in [0.4, 0.5) is 0 Å². The molecule has 4 aromatic carbocycles. The van der Waals surface area contributed by atoms with Crippen LogP contribution < -0.4 is 5.32 Å². The predicted molar refractivity (Wildman–Crippen MR) is 185 cm³/mol. The van der Waals surface area contributed by atoms with Crippen LogP contribution >= 0.6 is 0 Å². The summed E-state index contributed by atoms with van der Waals surface area (Å²) in [5.41, 5.74) is 9.13. The van der Waals surface area contributed by atoms with Gasteiger partial charge in [0.15, 0.2) is 5.82 Å². The van der Waals surface area contributed by atoms with Crippen LogP contribution in [-0.4, -0.2) is 26.1 Å². The van der Waals surface area contributed by atoms with E-state index in [1.165, 1.54) is 11.1 Å². The van der Waals surface area contributed by atoms with Crippen molar-refractivity contribution in [1.29, 1.82) is 0 Å². The van der Waals surface area contributed by atoms with Crippen molar-refractivity contribution < 1.29 is 4.42 Å². The highest BCUT2D eigenvalue weighted by Crippen LogP contribution is 2.40. The first-order valence-electron chi connectivity index (χ1n) is 15.3. The van der Waals surface area contributed by atoms with Crippen molar-refractivity contribution in [1.82, 2.24) is 24.8 Å². The Balaban J connectivity index is 1.26. The lowest BCUT2D eigenvalue weighted by Gasteiger charge is -2.13. The zero-order valence-corrected chi connectivity index (χ0v) is 24.8. The second-order valence-electron chi connectivity index (χ2n) is 11.4. The SMILES string of the molecule is C1=CC(c2ccc(-c3cc(-n4c5ccccc5c5c6oc(-c7ccccc7)cc6ccc54)nc(-c4ccncc4)n3)cc2)=CCN1. The van der Waals surface area contributed by atoms with Crippen LogP contribution in [0, 0.1) is 0 Å². The number of furan rings is 1. The summed E-state index contributed by atoms with van der Waals surface area (Å²) in [5, 5.41) is 6.45. The average Bonchev–Trinajstić information content (AvgIpc) is 3.72. The number of fused-ring (bicyclic) bond motifs is 5. The van der Waals surface area contributed by atoms with Gasteiger partial charge < -0.3 is 9.73 Å². The highest BCUT2D eigenvalue weighted by Gasteiger charge is 2.20. The molecule has 0 saturated carbocycles. The van der Waals surface area contributed by atoms with Crippen LogP contribution in [0.1, 0.15) is 5.56 Å². The number of hydrogen-bond donors (Lipinski definition) is 1. The van der Waals surface area contributed by atoms with Crippen molar-refractivity contribution in [3.8, 4) is 39.8 Å². The van der Waals surface area contributed by atoms with Crippen LogP contribution in [0.2, 0.25) is 0 Å². The summed E-state index contributed by atoms with van der Waals surface area (Å²) < 4.78 is 8.83. The summed E-state index contributed by atoms with van der Waals surface area (Å²) >= 11 is 0. The molecule has 8 aromatic rings. The maximum absolute atomic E-state index is 6.61. The molecule has 46 heavy (non-hydrogen) atoms. The summed E-state index contributed by atoms with van der Waals surface area (Å²) in [6, 6.07) is 39.7. The Morgan fingerprint density at radius 2 is 1.48 bits per heavy atom. The molecular weight excluding hydrogens is 566 g/mol. The lowest BCUT2D eigenvalue weighted by atomic mass is 10.0. The highest BCUT2D eigenvalue weighted by molar-refractivity contribution is 6.20. The minimum absolute atomic E-state index is 0.638. The molecule has 9 rings (SSSR count). The number of nitrogens with zero attached hydrogens (tertiary/aromatic N) is 4. The third-order valence-corrected chi connectivity index (χ3v) is 8.59. The van der Waals surface area contributed by atoms with Crippen LogP contribution in [0.15, 0.2) is 150 Å². The highest BCUT2D eigenvalue weighted by atomic mass is 16.3. The minimum Gasteiger partial charge on any atom is -0.455 e. The molecule has 0 amide bonds. The Morgan fingerprint density at radius 1 is 0.674 bits per heavy atom. The first-order valence-corrected chi connectivity index (χ1v) is 15.3. The Morgan fingerprint density at radius 3 is 2.30 bits per heavy atom. The molecule has 0 spiro atoms. The quantitative estimate of drug-likeness (QED) is 0.215. The van der Waals surface area contributed by atoms with Gasteiger partial charge in [-0.2, -0.15) is 0 Å². The molecule has 1 aliphatic rings. The third kappa shape index (κ3) is 4.39. The standard InChI is InChI=1S/C40H27N5O/c1-2-6-29(7-3-1)36-24-31-14-15-35-38(39(31)46-36)32-8-4-5-9-34(32)45(35)37-25-33(43-40(44-37)30-18-22-42-23-19-30)28-12-10-26(11-13-28)27-16-20-41-21-17-27/h1-20,22-25,41H,21H2. The maximum atomic E-state index is 6.61. The smallest absolute Gasteiger partial charge is 0.162 e. The zero-order valence-electron chi connectivity index (χ0n) is 24.8. The molecule has 0 radical (unpaired) electrons. The van der Waals surface area contributed by atoms with Crippen molar-refractivity contribution in [2.24, 2.45) is 0 Å². The van der Waals surface area contributed by atoms with Crippen LogP contribution in [-0.2, 0) is 0 Å². The van der Waals surface area contributed by atoms with Gasteiger partial charge in [0.25, 0.3) is 0 Å². The van der Waals surface area contributed by atoms with Gasteiger partial charge in [0.2, 0.25) is 0 Å². The molecule has 218 valence electrons. The number of dihydropyridines is 1. The van der Waals surface area contributed by atoms with E-state index >= 15 is 0 Å². The van der Waals surface area contributed by atoms with Crippen LogP contribution in [0.5, 0.6) is 0 Å². The van der Waals surface area contributed by atoms with Crippen molar-refractivity contribution in [2.45, 2.75) is 0 Å². The molecule has 5 heterocycles. The number of benzene rings is 4. The summed E-state index contributed by atoms with van der Waals surface area (Å²) in [6.07, 6.45) is 9.84. The molecule has 0 bridgehead atoms. The van der Waals surface area contributed by atoms with E-state index in [1.807, 2.05) is 36.5 Å². The largest absolute Gasteiger partial charge is 0.455 e. The summed E-state index contributed by atoms with van der Waals surface area (Å²) in [6.45, 7) is 0.828. The second-order valence-corrected chi connectivity index (χ2v) is 11.4. The van der Waals surface area contributed by atoms with Gasteiger partial charge in [0.05, 0.1) is 22.1 Å². The minimum atomic E-state index is 0.638. The van der Waals surface area contributed by atoms with Gasteiger partial charge in [0.1, 0.15) is 17.2 Å². The van der Waals surface area contributed by atoms with Crippen molar-refractivity contribution in [2.75, 3.05) is 6.54 Å². The predicted octanol–water partition coefficient (Wildman–Crippen LogP) is 9.22. The molecule has 6 nitrogen and oxygen atoms in total. The normalized spacial score (nSPS) is 12.9. The van der Waals surface area contributed by atoms with Gasteiger partial charge in [0, 0.05) is 52.5 Å². The van der Waals surface area contributed by atoms with E-state index in [4.69, 9.17) is 14.4 Å². The Bertz CT molecular complexity index is 2450. The number of aromatic nitrogens is 4. The number of hydrogen-bond acceptors (Lipinski definition) is 5. The van der Waals surface area contributed by atoms with Gasteiger partial charge >= 0.3 is 0 Å². The average molecular weight is 594 g/mol. The summed E-state index contributed by atoms with van der Waals surface area (Å²) in [7, 11) is 0. The zero-order chi connectivity index (χ0) is 30.5. The molecule has 1 aliphatic heterocycles. The van der Waals surface area contributed by atoms with Crippen molar-refractivity contribution in [3.63, 3.8) is 0 Å². The number of rotatable bonds is 5. The molecule has 0 unspecified atom stereocenters. The molecule has 6 heteroatoms. The molecule has 0 aliphatic carbocycles. The summed E-state index contributed by atoms with van der Waals surface area (Å²) in [5.74, 6) is 2.27. The topological polar surface area (TPSA) is 68.8 Å². The maximum Gasteiger partial charge on any atom is 0.162 e.